The fourth-order valence-corrected chi connectivity index (χ4v) is 1.96. The summed E-state index contributed by atoms with van der Waals surface area (Å²) in [5.74, 6) is 1.44. The van der Waals surface area contributed by atoms with Gasteiger partial charge in [0.2, 0.25) is 11.7 Å². The fraction of sp³-hybridized carbons (Fsp3) is 0.188. The first-order valence-electron chi connectivity index (χ1n) is 7.56. The molecule has 3 aromatic rings. The predicted octanol–water partition coefficient (Wildman–Crippen LogP) is 0.670. The first-order valence-corrected chi connectivity index (χ1v) is 7.56. The van der Waals surface area contributed by atoms with Crippen LogP contribution in [0.3, 0.4) is 0 Å². The molecule has 0 aliphatic rings. The number of aromatic amines is 1. The summed E-state index contributed by atoms with van der Waals surface area (Å²) in [4.78, 5) is 26.9. The molecule has 0 atom stereocenters. The minimum Gasteiger partial charge on any atom is -0.497 e. The zero-order chi connectivity index (χ0) is 18.4. The number of methoxy groups -OCH3 is 1. The number of rotatable bonds is 7. The van der Waals surface area contributed by atoms with Crippen LogP contribution in [0.1, 0.15) is 22.2 Å². The van der Waals surface area contributed by atoms with Gasteiger partial charge in [0.15, 0.2) is 6.61 Å². The Morgan fingerprint density at radius 2 is 1.96 bits per heavy atom. The van der Waals surface area contributed by atoms with Crippen molar-refractivity contribution in [3.05, 3.63) is 64.2 Å². The Bertz CT molecular complexity index is 914. The van der Waals surface area contributed by atoms with E-state index in [4.69, 9.17) is 14.0 Å². The number of nitrogens with one attached hydrogen (secondary N) is 2. The van der Waals surface area contributed by atoms with Gasteiger partial charge in [0, 0.05) is 6.07 Å². The summed E-state index contributed by atoms with van der Waals surface area (Å²) in [5.41, 5.74) is -0.313. The topological polar surface area (TPSA) is 132 Å². The summed E-state index contributed by atoms with van der Waals surface area (Å²) in [5, 5.41) is 12.1. The highest BCUT2D eigenvalue weighted by Crippen LogP contribution is 2.17. The first-order chi connectivity index (χ1) is 12.6. The lowest BCUT2D eigenvalue weighted by Crippen LogP contribution is -2.25. The van der Waals surface area contributed by atoms with E-state index >= 15 is 0 Å². The lowest BCUT2D eigenvalue weighted by atomic mass is 10.3. The maximum absolute atomic E-state index is 11.9. The van der Waals surface area contributed by atoms with Gasteiger partial charge in [-0.05, 0) is 30.3 Å². The van der Waals surface area contributed by atoms with Gasteiger partial charge in [-0.25, -0.2) is 5.10 Å². The minimum absolute atomic E-state index is 0.0230. The molecule has 10 heteroatoms. The van der Waals surface area contributed by atoms with Gasteiger partial charge in [-0.15, -0.1) is 0 Å². The molecule has 1 amide bonds. The average Bonchev–Trinajstić information content (AvgIpc) is 3.13. The van der Waals surface area contributed by atoms with E-state index in [1.807, 2.05) is 0 Å². The Balaban J connectivity index is 1.50. The van der Waals surface area contributed by atoms with Crippen molar-refractivity contribution >= 4 is 5.91 Å². The van der Waals surface area contributed by atoms with Gasteiger partial charge in [-0.2, -0.15) is 10.1 Å². The SMILES string of the molecule is COc1ccc(OCc2noc(CNC(=O)c3ccc(=O)[nH]n3)n2)cc1. The molecule has 0 saturated heterocycles. The van der Waals surface area contributed by atoms with Crippen LogP contribution < -0.4 is 20.3 Å². The Morgan fingerprint density at radius 3 is 2.65 bits per heavy atom. The van der Waals surface area contributed by atoms with E-state index in [0.717, 1.165) is 5.75 Å². The van der Waals surface area contributed by atoms with Gasteiger partial charge >= 0.3 is 0 Å². The maximum Gasteiger partial charge on any atom is 0.272 e. The number of benzene rings is 1. The second-order valence-corrected chi connectivity index (χ2v) is 5.06. The van der Waals surface area contributed by atoms with Crippen LogP contribution in [0.2, 0.25) is 0 Å². The highest BCUT2D eigenvalue weighted by atomic mass is 16.5. The first kappa shape index (κ1) is 17.1. The van der Waals surface area contributed by atoms with Crippen molar-refractivity contribution in [3.8, 4) is 11.5 Å². The molecule has 2 heterocycles. The number of ether oxygens (including phenoxy) is 2. The second-order valence-electron chi connectivity index (χ2n) is 5.06. The molecule has 0 aliphatic heterocycles. The summed E-state index contributed by atoms with van der Waals surface area (Å²) in [6.45, 7) is 0.139. The molecular weight excluding hydrogens is 342 g/mol. The third kappa shape index (κ3) is 4.44. The lowest BCUT2D eigenvalue weighted by molar-refractivity contribution is 0.0940. The zero-order valence-corrected chi connectivity index (χ0v) is 13.8. The van der Waals surface area contributed by atoms with Crippen molar-refractivity contribution in [3.63, 3.8) is 0 Å². The van der Waals surface area contributed by atoms with Gasteiger partial charge < -0.3 is 19.3 Å². The molecule has 0 radical (unpaired) electrons. The molecular formula is C16H15N5O5. The molecule has 1 aromatic carbocycles. The smallest absolute Gasteiger partial charge is 0.272 e. The van der Waals surface area contributed by atoms with Crippen LogP contribution >= 0.6 is 0 Å². The summed E-state index contributed by atoms with van der Waals surface area (Å²) >= 11 is 0. The van der Waals surface area contributed by atoms with E-state index in [9.17, 15) is 9.59 Å². The molecule has 2 N–H and O–H groups in total. The number of carbonyl (C=O) groups is 1. The summed E-state index contributed by atoms with van der Waals surface area (Å²) in [6.07, 6.45) is 0. The summed E-state index contributed by atoms with van der Waals surface area (Å²) in [6, 6.07) is 9.60. The van der Waals surface area contributed by atoms with E-state index in [1.54, 1.807) is 31.4 Å². The highest BCUT2D eigenvalue weighted by molar-refractivity contribution is 5.91. The van der Waals surface area contributed by atoms with E-state index in [2.05, 4.69) is 25.7 Å². The zero-order valence-electron chi connectivity index (χ0n) is 13.8. The molecule has 134 valence electrons. The van der Waals surface area contributed by atoms with Crippen molar-refractivity contribution in [1.82, 2.24) is 25.7 Å². The fourth-order valence-electron chi connectivity index (χ4n) is 1.96. The molecule has 26 heavy (non-hydrogen) atoms. The number of nitrogens with zero attached hydrogens (tertiary/aromatic N) is 3. The molecule has 2 aromatic heterocycles. The maximum atomic E-state index is 11.9. The normalized spacial score (nSPS) is 10.3. The molecule has 0 unspecified atom stereocenters. The Labute approximate surface area is 147 Å². The number of aromatic nitrogens is 4. The molecule has 0 aliphatic carbocycles. The Morgan fingerprint density at radius 1 is 1.19 bits per heavy atom. The van der Waals surface area contributed by atoms with E-state index < -0.39 is 5.91 Å². The predicted molar refractivity (Wildman–Crippen MR) is 87.7 cm³/mol. The van der Waals surface area contributed by atoms with Gasteiger partial charge in [0.05, 0.1) is 13.7 Å². The number of hydrogen-bond donors (Lipinski definition) is 2. The van der Waals surface area contributed by atoms with E-state index in [1.165, 1.54) is 12.1 Å². The molecule has 0 spiro atoms. The van der Waals surface area contributed by atoms with Gasteiger partial charge in [0.25, 0.3) is 11.5 Å². The van der Waals surface area contributed by atoms with Crippen molar-refractivity contribution in [2.45, 2.75) is 13.2 Å². The van der Waals surface area contributed by atoms with Gasteiger partial charge in [-0.1, -0.05) is 5.16 Å². The van der Waals surface area contributed by atoms with Crippen molar-refractivity contribution in [2.24, 2.45) is 0 Å². The van der Waals surface area contributed by atoms with Crippen molar-refractivity contribution < 1.29 is 18.8 Å². The molecule has 0 saturated carbocycles. The van der Waals surface area contributed by atoms with Gasteiger partial charge in [-0.3, -0.25) is 9.59 Å². The molecule has 0 fully saturated rings. The summed E-state index contributed by atoms with van der Waals surface area (Å²) in [7, 11) is 1.59. The van der Waals surface area contributed by atoms with E-state index in [-0.39, 0.29) is 30.3 Å². The second kappa shape index (κ2) is 7.92. The van der Waals surface area contributed by atoms with Crippen LogP contribution in [0.25, 0.3) is 0 Å². The van der Waals surface area contributed by atoms with Crippen molar-refractivity contribution in [2.75, 3.05) is 7.11 Å². The number of carbonyl (C=O) groups excluding carboxylic acids is 1. The average molecular weight is 357 g/mol. The quantitative estimate of drug-likeness (QED) is 0.630. The van der Waals surface area contributed by atoms with Crippen LogP contribution in [0.5, 0.6) is 11.5 Å². The molecule has 3 rings (SSSR count). The van der Waals surface area contributed by atoms with Crippen LogP contribution in [-0.4, -0.2) is 33.4 Å². The van der Waals surface area contributed by atoms with Crippen LogP contribution in [0.4, 0.5) is 0 Å². The van der Waals surface area contributed by atoms with E-state index in [0.29, 0.717) is 11.6 Å². The molecule has 10 nitrogen and oxygen atoms in total. The third-order valence-electron chi connectivity index (χ3n) is 3.25. The van der Waals surface area contributed by atoms with Crippen molar-refractivity contribution in [1.29, 1.82) is 0 Å². The lowest BCUT2D eigenvalue weighted by Gasteiger charge is -2.04. The van der Waals surface area contributed by atoms with Gasteiger partial charge in [0.1, 0.15) is 17.2 Å². The number of amides is 1. The standard InChI is InChI=1S/C16H15N5O5/c1-24-10-2-4-11(5-3-10)25-9-13-18-15(26-21-13)8-17-16(23)12-6-7-14(22)20-19-12/h2-7H,8-9H2,1H3,(H,17,23)(H,20,22). The minimum atomic E-state index is -0.476. The number of hydrogen-bond acceptors (Lipinski definition) is 8. The molecule has 0 bridgehead atoms. The monoisotopic (exact) mass is 357 g/mol. The Kier molecular flexibility index (Phi) is 5.22. The largest absolute Gasteiger partial charge is 0.497 e. The highest BCUT2D eigenvalue weighted by Gasteiger charge is 2.11. The third-order valence-corrected chi connectivity index (χ3v) is 3.25. The van der Waals surface area contributed by atoms with Crippen LogP contribution in [0.15, 0.2) is 45.7 Å². The van der Waals surface area contributed by atoms with Crippen LogP contribution in [0, 0.1) is 0 Å². The summed E-state index contributed by atoms with van der Waals surface area (Å²) < 4.78 is 15.6. The van der Waals surface area contributed by atoms with Crippen LogP contribution in [-0.2, 0) is 13.2 Å². The Hall–Kier alpha value is -3.69. The number of H-pyrrole nitrogens is 1.